The van der Waals surface area contributed by atoms with Crippen LogP contribution in [0.5, 0.6) is 0 Å². The van der Waals surface area contributed by atoms with Crippen LogP contribution in [0.25, 0.3) is 0 Å². The number of hydrogen-bond acceptors (Lipinski definition) is 2. The molecule has 1 atom stereocenters. The first-order valence-corrected chi connectivity index (χ1v) is 3.91. The van der Waals surface area contributed by atoms with E-state index in [1.54, 1.807) is 0 Å². The Balaban J connectivity index is 2.39. The van der Waals surface area contributed by atoms with Crippen molar-refractivity contribution in [2.75, 3.05) is 0 Å². The van der Waals surface area contributed by atoms with Gasteiger partial charge in [0.1, 0.15) is 0 Å². The molecule has 0 saturated heterocycles. The molecule has 0 aliphatic rings. The van der Waals surface area contributed by atoms with E-state index in [1.807, 2.05) is 30.3 Å². The molecule has 0 heterocycles. The van der Waals surface area contributed by atoms with E-state index in [2.05, 4.69) is 6.92 Å². The molecular formula is C10H11O3. The summed E-state index contributed by atoms with van der Waals surface area (Å²) in [5.41, 5.74) is 0.942. The van der Waals surface area contributed by atoms with E-state index in [1.165, 1.54) is 0 Å². The van der Waals surface area contributed by atoms with Crippen molar-refractivity contribution >= 4 is 5.97 Å². The highest BCUT2D eigenvalue weighted by Gasteiger charge is 2.10. The number of ether oxygens (including phenoxy) is 1. The van der Waals surface area contributed by atoms with Gasteiger partial charge in [-0.25, -0.2) is 4.79 Å². The van der Waals surface area contributed by atoms with E-state index >= 15 is 0 Å². The third-order valence-corrected chi connectivity index (χ3v) is 1.57. The predicted octanol–water partition coefficient (Wildman–Crippen LogP) is 1.49. The summed E-state index contributed by atoms with van der Waals surface area (Å²) in [6.07, 6.45) is -1.000. The van der Waals surface area contributed by atoms with Gasteiger partial charge in [0.25, 0.3) is 0 Å². The molecule has 3 heteroatoms. The van der Waals surface area contributed by atoms with Crippen LogP contribution in [0.2, 0.25) is 0 Å². The van der Waals surface area contributed by atoms with Gasteiger partial charge in [-0.05, 0) is 12.5 Å². The fourth-order valence-corrected chi connectivity index (χ4v) is 0.842. The molecule has 1 aromatic carbocycles. The van der Waals surface area contributed by atoms with Crippen molar-refractivity contribution in [3.8, 4) is 0 Å². The zero-order valence-corrected chi connectivity index (χ0v) is 7.14. The van der Waals surface area contributed by atoms with Gasteiger partial charge < -0.3 is 9.84 Å². The number of hydrogen-bond donors (Lipinski definition) is 1. The largest absolute Gasteiger partial charge is 0.479 e. The molecule has 1 unspecified atom stereocenters. The fourth-order valence-electron chi connectivity index (χ4n) is 0.842. The molecule has 1 N–H and O–H groups in total. The Hall–Kier alpha value is -1.35. The zero-order chi connectivity index (χ0) is 9.68. The minimum Gasteiger partial charge on any atom is -0.479 e. The van der Waals surface area contributed by atoms with E-state index in [9.17, 15) is 4.79 Å². The highest BCUT2D eigenvalue weighted by atomic mass is 16.5. The van der Waals surface area contributed by atoms with Crippen molar-refractivity contribution in [3.05, 3.63) is 42.8 Å². The number of rotatable bonds is 4. The molecule has 0 saturated carbocycles. The molecular weight excluding hydrogens is 168 g/mol. The maximum absolute atomic E-state index is 10.3. The van der Waals surface area contributed by atoms with Gasteiger partial charge in [0.05, 0.1) is 6.61 Å². The SMILES string of the molecule is [CH2]C(OCc1ccccc1)C(=O)O. The van der Waals surface area contributed by atoms with Crippen LogP contribution in [0.15, 0.2) is 30.3 Å². The first-order valence-electron chi connectivity index (χ1n) is 3.91. The average molecular weight is 179 g/mol. The van der Waals surface area contributed by atoms with E-state index in [0.29, 0.717) is 0 Å². The molecule has 0 fully saturated rings. The maximum Gasteiger partial charge on any atom is 0.332 e. The van der Waals surface area contributed by atoms with Gasteiger partial charge in [0.2, 0.25) is 0 Å². The van der Waals surface area contributed by atoms with Crippen LogP contribution in [-0.2, 0) is 16.1 Å². The molecule has 1 radical (unpaired) electrons. The predicted molar refractivity (Wildman–Crippen MR) is 48.0 cm³/mol. The van der Waals surface area contributed by atoms with Crippen molar-refractivity contribution in [3.63, 3.8) is 0 Å². The van der Waals surface area contributed by atoms with Gasteiger partial charge in [-0.2, -0.15) is 0 Å². The number of aliphatic carboxylic acids is 1. The number of benzene rings is 1. The molecule has 0 bridgehead atoms. The topological polar surface area (TPSA) is 46.5 Å². The van der Waals surface area contributed by atoms with Crippen LogP contribution in [0, 0.1) is 6.92 Å². The third kappa shape index (κ3) is 3.25. The van der Waals surface area contributed by atoms with Crippen molar-refractivity contribution in [1.82, 2.24) is 0 Å². The summed E-state index contributed by atoms with van der Waals surface area (Å²) < 4.78 is 4.98. The molecule has 0 aromatic heterocycles. The standard InChI is InChI=1S/C10H11O3/c1-8(10(11)12)13-7-9-5-3-2-4-6-9/h2-6,8H,1,7H2,(H,11,12). The van der Waals surface area contributed by atoms with Crippen LogP contribution in [0.1, 0.15) is 5.56 Å². The minimum absolute atomic E-state index is 0.279. The Labute approximate surface area is 77.0 Å². The molecule has 13 heavy (non-hydrogen) atoms. The van der Waals surface area contributed by atoms with Gasteiger partial charge in [-0.3, -0.25) is 0 Å². The van der Waals surface area contributed by atoms with Gasteiger partial charge in [0.15, 0.2) is 6.10 Å². The summed E-state index contributed by atoms with van der Waals surface area (Å²) in [6, 6.07) is 9.38. The summed E-state index contributed by atoms with van der Waals surface area (Å²) >= 11 is 0. The Bertz CT molecular complexity index is 269. The van der Waals surface area contributed by atoms with E-state index < -0.39 is 12.1 Å². The first-order chi connectivity index (χ1) is 6.20. The maximum atomic E-state index is 10.3. The molecule has 0 aliphatic heterocycles. The lowest BCUT2D eigenvalue weighted by atomic mass is 10.2. The Morgan fingerprint density at radius 1 is 1.46 bits per heavy atom. The molecule has 1 rings (SSSR count). The summed E-state index contributed by atoms with van der Waals surface area (Å²) in [6.45, 7) is 3.61. The quantitative estimate of drug-likeness (QED) is 0.761. The van der Waals surface area contributed by atoms with E-state index in [4.69, 9.17) is 9.84 Å². The van der Waals surface area contributed by atoms with Gasteiger partial charge in [-0.15, -0.1) is 0 Å². The second-order valence-corrected chi connectivity index (χ2v) is 2.62. The molecule has 3 nitrogen and oxygen atoms in total. The number of carbonyl (C=O) groups is 1. The van der Waals surface area contributed by atoms with Crippen LogP contribution in [0.4, 0.5) is 0 Å². The molecule has 0 spiro atoms. The van der Waals surface area contributed by atoms with Crippen molar-refractivity contribution < 1.29 is 14.6 Å². The third-order valence-electron chi connectivity index (χ3n) is 1.57. The zero-order valence-electron chi connectivity index (χ0n) is 7.14. The minimum atomic E-state index is -1.05. The normalized spacial score (nSPS) is 12.4. The van der Waals surface area contributed by atoms with E-state index in [-0.39, 0.29) is 6.61 Å². The number of carboxylic acids is 1. The monoisotopic (exact) mass is 179 g/mol. The summed E-state index contributed by atoms with van der Waals surface area (Å²) in [4.78, 5) is 10.3. The number of carboxylic acid groups (broad SMARTS) is 1. The smallest absolute Gasteiger partial charge is 0.332 e. The van der Waals surface area contributed by atoms with Gasteiger partial charge in [0, 0.05) is 0 Å². The van der Waals surface area contributed by atoms with Crippen LogP contribution in [-0.4, -0.2) is 17.2 Å². The highest BCUT2D eigenvalue weighted by molar-refractivity contribution is 5.72. The lowest BCUT2D eigenvalue weighted by Gasteiger charge is -2.07. The summed E-state index contributed by atoms with van der Waals surface area (Å²) in [5, 5.41) is 8.47. The van der Waals surface area contributed by atoms with Crippen molar-refractivity contribution in [2.45, 2.75) is 12.7 Å². The molecule has 69 valence electrons. The molecule has 0 amide bonds. The summed E-state index contributed by atoms with van der Waals surface area (Å²) in [5.74, 6) is -1.05. The van der Waals surface area contributed by atoms with Crippen molar-refractivity contribution in [2.24, 2.45) is 0 Å². The van der Waals surface area contributed by atoms with Crippen molar-refractivity contribution in [1.29, 1.82) is 0 Å². The van der Waals surface area contributed by atoms with Gasteiger partial charge >= 0.3 is 5.97 Å². The average Bonchev–Trinajstić information content (AvgIpc) is 2.15. The molecule has 1 aromatic rings. The second-order valence-electron chi connectivity index (χ2n) is 2.62. The fraction of sp³-hybridized carbons (Fsp3) is 0.200. The summed E-state index contributed by atoms with van der Waals surface area (Å²) in [7, 11) is 0. The van der Waals surface area contributed by atoms with E-state index in [0.717, 1.165) is 5.56 Å². The lowest BCUT2D eigenvalue weighted by molar-refractivity contribution is -0.148. The Kier molecular flexibility index (Phi) is 3.46. The first kappa shape index (κ1) is 9.74. The molecule has 0 aliphatic carbocycles. The van der Waals surface area contributed by atoms with Crippen LogP contribution < -0.4 is 0 Å². The van der Waals surface area contributed by atoms with Crippen LogP contribution in [0.3, 0.4) is 0 Å². The lowest BCUT2D eigenvalue weighted by Crippen LogP contribution is -2.19. The highest BCUT2D eigenvalue weighted by Crippen LogP contribution is 2.02. The van der Waals surface area contributed by atoms with Crippen LogP contribution >= 0.6 is 0 Å². The Morgan fingerprint density at radius 3 is 2.62 bits per heavy atom. The second kappa shape index (κ2) is 4.62. The van der Waals surface area contributed by atoms with Gasteiger partial charge in [-0.1, -0.05) is 30.3 Å². The Morgan fingerprint density at radius 2 is 2.08 bits per heavy atom.